The molecule has 1 aromatic carbocycles. The van der Waals surface area contributed by atoms with Gasteiger partial charge < -0.3 is 19.4 Å². The normalized spacial score (nSPS) is 16.0. The molecule has 4 rings (SSSR count). The zero-order valence-corrected chi connectivity index (χ0v) is 13.7. The first-order valence-electron chi connectivity index (χ1n) is 8.22. The molecule has 0 radical (unpaired) electrons. The first kappa shape index (κ1) is 15.2. The van der Waals surface area contributed by atoms with Gasteiger partial charge in [-0.2, -0.15) is 0 Å². The number of benzene rings is 1. The molecule has 0 amide bonds. The first-order chi connectivity index (χ1) is 11.8. The Morgan fingerprint density at radius 3 is 3.00 bits per heavy atom. The van der Waals surface area contributed by atoms with Crippen LogP contribution in [0, 0.1) is 0 Å². The lowest BCUT2D eigenvalue weighted by Gasteiger charge is -2.23. The van der Waals surface area contributed by atoms with Gasteiger partial charge in [0, 0.05) is 11.5 Å². The Bertz CT molecular complexity index is 925. The van der Waals surface area contributed by atoms with E-state index in [4.69, 9.17) is 9.47 Å². The molecular formula is C17H21N4O3+. The number of aromatic nitrogens is 3. The Morgan fingerprint density at radius 2 is 2.21 bits per heavy atom. The van der Waals surface area contributed by atoms with Gasteiger partial charge in [-0.1, -0.05) is 0 Å². The summed E-state index contributed by atoms with van der Waals surface area (Å²) in [6.45, 7) is 5.16. The molecule has 0 atom stereocenters. The number of fused-ring (bicyclic) bond motifs is 3. The molecule has 0 saturated carbocycles. The highest BCUT2D eigenvalue weighted by atomic mass is 16.5. The summed E-state index contributed by atoms with van der Waals surface area (Å²) in [7, 11) is 1.63. The molecule has 3 heterocycles. The molecule has 7 nitrogen and oxygen atoms in total. The van der Waals surface area contributed by atoms with Crippen molar-refractivity contribution in [3.63, 3.8) is 0 Å². The lowest BCUT2D eigenvalue weighted by atomic mass is 10.2. The van der Waals surface area contributed by atoms with Gasteiger partial charge in [-0.25, -0.2) is 4.98 Å². The third-order valence-corrected chi connectivity index (χ3v) is 4.69. The van der Waals surface area contributed by atoms with Gasteiger partial charge in [0.2, 0.25) is 0 Å². The second kappa shape index (κ2) is 6.26. The van der Waals surface area contributed by atoms with Gasteiger partial charge in [0.15, 0.2) is 0 Å². The van der Waals surface area contributed by atoms with Gasteiger partial charge in [0.25, 0.3) is 5.56 Å². The molecule has 1 aliphatic heterocycles. The van der Waals surface area contributed by atoms with E-state index in [-0.39, 0.29) is 5.56 Å². The molecule has 0 unspecified atom stereocenters. The molecule has 0 spiro atoms. The van der Waals surface area contributed by atoms with E-state index >= 15 is 0 Å². The Balaban J connectivity index is 1.66. The molecule has 24 heavy (non-hydrogen) atoms. The van der Waals surface area contributed by atoms with Crippen molar-refractivity contribution in [2.24, 2.45) is 0 Å². The Labute approximate surface area is 138 Å². The molecule has 0 aliphatic carbocycles. The average molecular weight is 329 g/mol. The van der Waals surface area contributed by atoms with E-state index in [1.807, 2.05) is 18.2 Å². The van der Waals surface area contributed by atoms with Crippen LogP contribution in [0.1, 0.15) is 0 Å². The molecule has 2 N–H and O–H groups in total. The highest BCUT2D eigenvalue weighted by Gasteiger charge is 2.15. The van der Waals surface area contributed by atoms with E-state index in [0.29, 0.717) is 17.6 Å². The molecule has 1 saturated heterocycles. The van der Waals surface area contributed by atoms with E-state index in [1.165, 1.54) is 4.90 Å². The summed E-state index contributed by atoms with van der Waals surface area (Å²) >= 11 is 0. The zero-order valence-electron chi connectivity index (χ0n) is 13.7. The van der Waals surface area contributed by atoms with Crippen LogP contribution in [0.2, 0.25) is 0 Å². The number of nitrogens with zero attached hydrogens (tertiary/aromatic N) is 2. The summed E-state index contributed by atoms with van der Waals surface area (Å²) < 4.78 is 12.3. The Morgan fingerprint density at radius 1 is 1.38 bits per heavy atom. The van der Waals surface area contributed by atoms with Gasteiger partial charge in [-0.3, -0.25) is 9.36 Å². The Hall–Kier alpha value is -2.38. The van der Waals surface area contributed by atoms with Crippen LogP contribution in [0.4, 0.5) is 0 Å². The van der Waals surface area contributed by atoms with Gasteiger partial charge in [0.1, 0.15) is 29.9 Å². The number of hydrogen-bond donors (Lipinski definition) is 2. The van der Waals surface area contributed by atoms with Crippen LogP contribution in [0.5, 0.6) is 5.75 Å². The predicted molar refractivity (Wildman–Crippen MR) is 90.8 cm³/mol. The summed E-state index contributed by atoms with van der Waals surface area (Å²) in [5, 5.41) is 0.939. The quantitative estimate of drug-likeness (QED) is 0.695. The number of methoxy groups -OCH3 is 1. The standard InChI is InChI=1S/C17H20N4O3/c1-23-12-2-3-13-14(10-12)19-16-15(13)18-11-21(17(16)22)5-4-20-6-8-24-9-7-20/h2-3,10-11,19H,4-9H2,1H3/p+1. The summed E-state index contributed by atoms with van der Waals surface area (Å²) in [6, 6.07) is 5.70. The van der Waals surface area contributed by atoms with Crippen LogP contribution < -0.4 is 15.2 Å². The van der Waals surface area contributed by atoms with Crippen LogP contribution in [-0.4, -0.2) is 54.5 Å². The maximum atomic E-state index is 12.8. The van der Waals surface area contributed by atoms with E-state index in [2.05, 4.69) is 9.97 Å². The second-order valence-electron chi connectivity index (χ2n) is 6.12. The molecule has 126 valence electrons. The van der Waals surface area contributed by atoms with Crippen molar-refractivity contribution in [2.45, 2.75) is 6.54 Å². The van der Waals surface area contributed by atoms with E-state index < -0.39 is 0 Å². The summed E-state index contributed by atoms with van der Waals surface area (Å²) in [6.07, 6.45) is 1.65. The average Bonchev–Trinajstić information content (AvgIpc) is 3.00. The highest BCUT2D eigenvalue weighted by Crippen LogP contribution is 2.25. The number of aromatic amines is 1. The SMILES string of the molecule is COc1ccc2c(c1)[nH]c1c(=O)n(CC[NH+]3CCOCC3)cnc12. The van der Waals surface area contributed by atoms with E-state index in [0.717, 1.165) is 49.5 Å². The highest BCUT2D eigenvalue weighted by molar-refractivity contribution is 6.04. The van der Waals surface area contributed by atoms with Crippen LogP contribution in [0.15, 0.2) is 29.3 Å². The third-order valence-electron chi connectivity index (χ3n) is 4.69. The fourth-order valence-corrected chi connectivity index (χ4v) is 3.25. The minimum Gasteiger partial charge on any atom is -0.497 e. The minimum atomic E-state index is -0.0252. The molecule has 3 aromatic rings. The number of nitrogens with one attached hydrogen (secondary N) is 2. The lowest BCUT2D eigenvalue weighted by Crippen LogP contribution is -3.14. The zero-order chi connectivity index (χ0) is 16.5. The summed E-state index contributed by atoms with van der Waals surface area (Å²) in [4.78, 5) is 21.9. The Kier molecular flexibility index (Phi) is 3.95. The second-order valence-corrected chi connectivity index (χ2v) is 6.12. The van der Waals surface area contributed by atoms with Gasteiger partial charge >= 0.3 is 0 Å². The van der Waals surface area contributed by atoms with E-state index in [1.54, 1.807) is 18.0 Å². The summed E-state index contributed by atoms with van der Waals surface area (Å²) in [5.41, 5.74) is 2.11. The maximum absolute atomic E-state index is 12.8. The van der Waals surface area contributed by atoms with Gasteiger partial charge in [-0.15, -0.1) is 0 Å². The first-order valence-corrected chi connectivity index (χ1v) is 8.22. The lowest BCUT2D eigenvalue weighted by molar-refractivity contribution is -0.908. The van der Waals surface area contributed by atoms with E-state index in [9.17, 15) is 4.79 Å². The number of hydrogen-bond acceptors (Lipinski definition) is 4. The molecule has 1 fully saturated rings. The third kappa shape index (κ3) is 2.65. The molecule has 7 heteroatoms. The number of morpholine rings is 1. The topological polar surface area (TPSA) is 73.6 Å². The number of rotatable bonds is 4. The fraction of sp³-hybridized carbons (Fsp3) is 0.412. The molecule has 2 aromatic heterocycles. The number of ether oxygens (including phenoxy) is 2. The van der Waals surface area contributed by atoms with Crippen molar-refractivity contribution in [1.29, 1.82) is 0 Å². The smallest absolute Gasteiger partial charge is 0.277 e. The molecular weight excluding hydrogens is 308 g/mol. The molecule has 0 bridgehead atoms. The largest absolute Gasteiger partial charge is 0.497 e. The van der Waals surface area contributed by atoms with Gasteiger partial charge in [-0.05, 0) is 12.1 Å². The van der Waals surface area contributed by atoms with Crippen molar-refractivity contribution >= 4 is 21.9 Å². The maximum Gasteiger partial charge on any atom is 0.277 e. The summed E-state index contributed by atoms with van der Waals surface area (Å²) in [5.74, 6) is 0.755. The number of quaternary nitrogens is 1. The molecule has 1 aliphatic rings. The van der Waals surface area contributed by atoms with Crippen molar-refractivity contribution < 1.29 is 14.4 Å². The van der Waals surface area contributed by atoms with Crippen LogP contribution in [0.3, 0.4) is 0 Å². The monoisotopic (exact) mass is 329 g/mol. The minimum absolute atomic E-state index is 0.0252. The van der Waals surface area contributed by atoms with Crippen molar-refractivity contribution in [1.82, 2.24) is 14.5 Å². The van der Waals surface area contributed by atoms with Crippen molar-refractivity contribution in [2.75, 3.05) is 40.0 Å². The fourth-order valence-electron chi connectivity index (χ4n) is 3.25. The number of H-pyrrole nitrogens is 1. The van der Waals surface area contributed by atoms with Crippen LogP contribution in [-0.2, 0) is 11.3 Å². The van der Waals surface area contributed by atoms with Gasteiger partial charge in [0.05, 0.1) is 45.3 Å². The van der Waals surface area contributed by atoms with Crippen LogP contribution in [0.25, 0.3) is 21.9 Å². The van der Waals surface area contributed by atoms with Crippen molar-refractivity contribution in [3.8, 4) is 5.75 Å². The predicted octanol–water partition coefficient (Wildman–Crippen LogP) is -0.198. The van der Waals surface area contributed by atoms with Crippen LogP contribution >= 0.6 is 0 Å². The van der Waals surface area contributed by atoms with Crippen molar-refractivity contribution in [3.05, 3.63) is 34.9 Å².